The molecule has 0 aliphatic heterocycles. The van der Waals surface area contributed by atoms with Crippen LogP contribution >= 0.6 is 23.4 Å². The van der Waals surface area contributed by atoms with Crippen LogP contribution in [-0.2, 0) is 11.2 Å². The molecule has 1 unspecified atom stereocenters. The van der Waals surface area contributed by atoms with E-state index in [1.165, 1.54) is 40.4 Å². The number of halogens is 1. The number of hydrogen-bond donors (Lipinski definition) is 1. The summed E-state index contributed by atoms with van der Waals surface area (Å²) in [6.45, 7) is 0. The molecule has 3 aromatic rings. The van der Waals surface area contributed by atoms with E-state index >= 15 is 0 Å². The molecule has 2 aromatic carbocycles. The zero-order valence-corrected chi connectivity index (χ0v) is 17.0. The van der Waals surface area contributed by atoms with Gasteiger partial charge in [0.15, 0.2) is 0 Å². The van der Waals surface area contributed by atoms with E-state index in [0.29, 0.717) is 12.3 Å². The van der Waals surface area contributed by atoms with Gasteiger partial charge in [0.2, 0.25) is 0 Å². The van der Waals surface area contributed by atoms with Crippen molar-refractivity contribution in [1.29, 1.82) is 5.26 Å². The minimum absolute atomic E-state index is 0.128. The van der Waals surface area contributed by atoms with E-state index < -0.39 is 0 Å². The number of rotatable bonds is 7. The molecule has 2 nitrogen and oxygen atoms in total. The van der Waals surface area contributed by atoms with Gasteiger partial charge < -0.3 is 4.98 Å². The molecule has 0 saturated heterocycles. The number of para-hydroxylation sites is 1. The molecule has 4 rings (SSSR count). The van der Waals surface area contributed by atoms with Gasteiger partial charge in [0.05, 0.1) is 6.07 Å². The number of aromatic amines is 1. The Labute approximate surface area is 169 Å². The Balaban J connectivity index is 1.94. The first kappa shape index (κ1) is 18.5. The molecule has 1 atom stereocenters. The van der Waals surface area contributed by atoms with Crippen LogP contribution in [0, 0.1) is 17.2 Å². The summed E-state index contributed by atoms with van der Waals surface area (Å²) in [6.07, 6.45) is 8.15. The molecule has 27 heavy (non-hydrogen) atoms. The third-order valence-corrected chi connectivity index (χ3v) is 6.70. The topological polar surface area (TPSA) is 39.6 Å². The third kappa shape index (κ3) is 3.26. The van der Waals surface area contributed by atoms with E-state index in [9.17, 15) is 5.26 Å². The maximum atomic E-state index is 9.37. The van der Waals surface area contributed by atoms with Crippen LogP contribution in [0.3, 0.4) is 0 Å². The van der Waals surface area contributed by atoms with Crippen molar-refractivity contribution in [3.63, 3.8) is 0 Å². The number of nitriles is 1. The second-order valence-corrected chi connectivity index (χ2v) is 8.69. The van der Waals surface area contributed by atoms with Gasteiger partial charge in [0.1, 0.15) is 0 Å². The molecule has 0 radical (unpaired) electrons. The van der Waals surface area contributed by atoms with Crippen molar-refractivity contribution in [1.82, 2.24) is 4.98 Å². The lowest BCUT2D eigenvalue weighted by atomic mass is 9.67. The summed E-state index contributed by atoms with van der Waals surface area (Å²) in [5.74, 6) is 1.57. The number of aromatic nitrogens is 1. The van der Waals surface area contributed by atoms with Gasteiger partial charge in [-0.05, 0) is 60.3 Å². The highest BCUT2D eigenvalue weighted by Crippen LogP contribution is 2.55. The van der Waals surface area contributed by atoms with Crippen LogP contribution in [0.25, 0.3) is 10.9 Å². The smallest absolute Gasteiger partial charge is 0.0622 e. The van der Waals surface area contributed by atoms with Crippen molar-refractivity contribution in [2.45, 2.75) is 36.9 Å². The first-order valence-electron chi connectivity index (χ1n) is 9.42. The maximum Gasteiger partial charge on any atom is 0.0622 e. The van der Waals surface area contributed by atoms with Crippen LogP contribution in [0.1, 0.15) is 42.4 Å². The van der Waals surface area contributed by atoms with E-state index in [0.717, 1.165) is 17.2 Å². The highest BCUT2D eigenvalue weighted by atomic mass is 35.5. The molecule has 0 spiro atoms. The number of H-pyrrole nitrogens is 1. The lowest BCUT2D eigenvalue weighted by Crippen LogP contribution is -2.30. The number of thioether (sulfide) groups is 1. The fourth-order valence-electron chi connectivity index (χ4n) is 4.53. The number of benzene rings is 2. The lowest BCUT2D eigenvalue weighted by Gasteiger charge is -2.35. The van der Waals surface area contributed by atoms with Gasteiger partial charge in [-0.25, -0.2) is 0 Å². The molecule has 138 valence electrons. The monoisotopic (exact) mass is 394 g/mol. The summed E-state index contributed by atoms with van der Waals surface area (Å²) in [6, 6.07) is 17.3. The molecular formula is C23H23ClN2S. The summed E-state index contributed by atoms with van der Waals surface area (Å²) < 4.78 is 0. The average molecular weight is 395 g/mol. The summed E-state index contributed by atoms with van der Waals surface area (Å²) in [7, 11) is 0. The van der Waals surface area contributed by atoms with E-state index in [4.69, 9.17) is 11.6 Å². The van der Waals surface area contributed by atoms with Crippen LogP contribution in [0.4, 0.5) is 0 Å². The Kier molecular flexibility index (Phi) is 5.21. The minimum Gasteiger partial charge on any atom is -0.361 e. The number of fused-ring (bicyclic) bond motifs is 1. The molecular weight excluding hydrogens is 372 g/mol. The SMILES string of the molecule is CSCc1cccc2c(C(CCC#N)(c3ccc(Cl)cc3)C3CC3)c[nH]c12. The van der Waals surface area contributed by atoms with Gasteiger partial charge in [-0.3, -0.25) is 0 Å². The van der Waals surface area contributed by atoms with Gasteiger partial charge >= 0.3 is 0 Å². The van der Waals surface area contributed by atoms with Crippen molar-refractivity contribution >= 4 is 34.3 Å². The molecule has 1 aliphatic carbocycles. The fourth-order valence-corrected chi connectivity index (χ4v) is 5.21. The predicted molar refractivity (Wildman–Crippen MR) is 115 cm³/mol. The van der Waals surface area contributed by atoms with E-state index in [2.05, 4.69) is 53.8 Å². The van der Waals surface area contributed by atoms with Gasteiger partial charge in [-0.1, -0.05) is 41.9 Å². The van der Waals surface area contributed by atoms with Crippen LogP contribution < -0.4 is 0 Å². The Bertz CT molecular complexity index is 982. The van der Waals surface area contributed by atoms with Crippen molar-refractivity contribution in [3.05, 3.63) is 70.4 Å². The van der Waals surface area contributed by atoms with E-state index in [1.54, 1.807) is 0 Å². The largest absolute Gasteiger partial charge is 0.361 e. The van der Waals surface area contributed by atoms with Crippen LogP contribution in [0.15, 0.2) is 48.7 Å². The van der Waals surface area contributed by atoms with Crippen LogP contribution in [0.5, 0.6) is 0 Å². The van der Waals surface area contributed by atoms with Crippen molar-refractivity contribution in [2.75, 3.05) is 6.26 Å². The Morgan fingerprint density at radius 1 is 1.22 bits per heavy atom. The Hall–Kier alpha value is -1.89. The highest BCUT2D eigenvalue weighted by molar-refractivity contribution is 7.97. The maximum absolute atomic E-state index is 9.37. The molecule has 1 saturated carbocycles. The number of hydrogen-bond acceptors (Lipinski definition) is 2. The first-order chi connectivity index (χ1) is 13.2. The fraction of sp³-hybridized carbons (Fsp3) is 0.348. The lowest BCUT2D eigenvalue weighted by molar-refractivity contribution is 0.421. The van der Waals surface area contributed by atoms with Gasteiger partial charge in [-0.15, -0.1) is 0 Å². The number of nitrogens with one attached hydrogen (secondary N) is 1. The standard InChI is InChI=1S/C23H23ClN2S/c1-27-15-16-4-2-5-20-21(14-26-22(16)20)23(12-3-13-25,17-6-7-17)18-8-10-19(24)11-9-18/h2,4-5,8-11,14,17,26H,3,6-7,12,15H2,1H3. The molecule has 1 fully saturated rings. The quantitative estimate of drug-likeness (QED) is 0.485. The Morgan fingerprint density at radius 2 is 2.00 bits per heavy atom. The van der Waals surface area contributed by atoms with E-state index in [1.807, 2.05) is 23.9 Å². The second kappa shape index (κ2) is 7.62. The van der Waals surface area contributed by atoms with Gasteiger partial charge in [0, 0.05) is 39.7 Å². The molecule has 1 heterocycles. The minimum atomic E-state index is -0.128. The summed E-state index contributed by atoms with van der Waals surface area (Å²) in [5, 5.41) is 11.4. The van der Waals surface area contributed by atoms with Crippen molar-refractivity contribution in [2.24, 2.45) is 5.92 Å². The first-order valence-corrected chi connectivity index (χ1v) is 11.2. The van der Waals surface area contributed by atoms with E-state index in [-0.39, 0.29) is 5.41 Å². The molecule has 0 amide bonds. The number of nitrogens with zero attached hydrogens (tertiary/aromatic N) is 1. The molecule has 0 bridgehead atoms. The third-order valence-electron chi connectivity index (χ3n) is 5.85. The summed E-state index contributed by atoms with van der Waals surface area (Å²) >= 11 is 8.02. The molecule has 4 heteroatoms. The van der Waals surface area contributed by atoms with Gasteiger partial charge in [-0.2, -0.15) is 17.0 Å². The van der Waals surface area contributed by atoms with Gasteiger partial charge in [0.25, 0.3) is 0 Å². The zero-order valence-electron chi connectivity index (χ0n) is 15.5. The molecule has 1 aliphatic rings. The average Bonchev–Trinajstić information content (AvgIpc) is 3.44. The second-order valence-electron chi connectivity index (χ2n) is 7.39. The zero-order chi connectivity index (χ0) is 18.9. The predicted octanol–water partition coefficient (Wildman–Crippen LogP) is 6.68. The van der Waals surface area contributed by atoms with Crippen molar-refractivity contribution < 1.29 is 0 Å². The normalized spacial score (nSPS) is 16.2. The summed E-state index contributed by atoms with van der Waals surface area (Å²) in [5.41, 5.74) is 5.06. The molecule has 1 aromatic heterocycles. The van der Waals surface area contributed by atoms with Crippen LogP contribution in [0.2, 0.25) is 5.02 Å². The van der Waals surface area contributed by atoms with Crippen LogP contribution in [-0.4, -0.2) is 11.2 Å². The summed E-state index contributed by atoms with van der Waals surface area (Å²) in [4.78, 5) is 3.56. The Morgan fingerprint density at radius 3 is 2.67 bits per heavy atom. The highest BCUT2D eigenvalue weighted by Gasteiger charge is 2.48. The molecule has 1 N–H and O–H groups in total. The van der Waals surface area contributed by atoms with Crippen molar-refractivity contribution in [3.8, 4) is 6.07 Å².